The number of carbonyl (C=O) groups excluding carboxylic acids is 2. The van der Waals surface area contributed by atoms with Crippen LogP contribution in [0.1, 0.15) is 18.2 Å². The largest absolute Gasteiger partial charge is 0.360 e. The lowest BCUT2D eigenvalue weighted by molar-refractivity contribution is -0.127. The first-order chi connectivity index (χ1) is 11.8. The Hall–Kier alpha value is -1.80. The molecule has 0 saturated carbocycles. The highest BCUT2D eigenvalue weighted by Crippen LogP contribution is 2.16. The summed E-state index contributed by atoms with van der Waals surface area (Å²) in [5, 5.41) is 6.01. The summed E-state index contributed by atoms with van der Waals surface area (Å²) in [6.45, 7) is 4.04. The van der Waals surface area contributed by atoms with Gasteiger partial charge in [0, 0.05) is 24.1 Å². The lowest BCUT2D eigenvalue weighted by Gasteiger charge is -2.18. The maximum absolute atomic E-state index is 12.2. The molecule has 0 saturated heterocycles. The number of carbonyl (C=O) groups is 2. The van der Waals surface area contributed by atoms with Crippen LogP contribution in [0.25, 0.3) is 0 Å². The van der Waals surface area contributed by atoms with Crippen LogP contribution in [0.3, 0.4) is 0 Å². The number of aromatic nitrogens is 1. The molecular weight excluding hydrogens is 406 g/mol. The zero-order valence-electron chi connectivity index (χ0n) is 14.3. The molecule has 0 bridgehead atoms. The van der Waals surface area contributed by atoms with Crippen LogP contribution in [0.4, 0.5) is 5.82 Å². The molecule has 1 unspecified atom stereocenters. The summed E-state index contributed by atoms with van der Waals surface area (Å²) in [7, 11) is 1.76. The van der Waals surface area contributed by atoms with Gasteiger partial charge in [0.25, 0.3) is 0 Å². The summed E-state index contributed by atoms with van der Waals surface area (Å²) < 4.78 is 5.91. The van der Waals surface area contributed by atoms with Crippen molar-refractivity contribution < 1.29 is 14.1 Å². The van der Waals surface area contributed by atoms with Gasteiger partial charge in [0.2, 0.25) is 11.8 Å². The number of nitrogens with zero attached hydrogens (tertiary/aromatic N) is 2. The van der Waals surface area contributed by atoms with E-state index < -0.39 is 0 Å². The standard InChI is InChI=1S/C17H20BrN3O3S/c1-11-8-15(20-24-11)19-17(23)12(2)25-10-16(22)21(3)9-13-4-6-14(18)7-5-13/h4-8,12H,9-10H2,1-3H3,(H,19,20,23). The minimum absolute atomic E-state index is 0.0233. The third-order valence-corrected chi connectivity index (χ3v) is 5.12. The molecule has 0 spiro atoms. The molecule has 2 aromatic rings. The van der Waals surface area contributed by atoms with Crippen molar-refractivity contribution in [3.05, 3.63) is 46.1 Å². The molecule has 1 atom stereocenters. The summed E-state index contributed by atoms with van der Waals surface area (Å²) >= 11 is 4.68. The Labute approximate surface area is 159 Å². The van der Waals surface area contributed by atoms with E-state index in [1.54, 1.807) is 31.9 Å². The van der Waals surface area contributed by atoms with E-state index >= 15 is 0 Å². The zero-order chi connectivity index (χ0) is 18.4. The van der Waals surface area contributed by atoms with Crippen molar-refractivity contribution in [2.45, 2.75) is 25.6 Å². The zero-order valence-corrected chi connectivity index (χ0v) is 16.7. The van der Waals surface area contributed by atoms with E-state index in [2.05, 4.69) is 26.4 Å². The van der Waals surface area contributed by atoms with Crippen molar-refractivity contribution in [1.29, 1.82) is 0 Å². The molecule has 134 valence electrons. The first kappa shape index (κ1) is 19.5. The fraction of sp³-hybridized carbons (Fsp3) is 0.353. The van der Waals surface area contributed by atoms with Gasteiger partial charge in [-0.2, -0.15) is 0 Å². The quantitative estimate of drug-likeness (QED) is 0.734. The van der Waals surface area contributed by atoms with Gasteiger partial charge in [-0.05, 0) is 31.5 Å². The third-order valence-electron chi connectivity index (χ3n) is 3.46. The molecule has 1 aromatic carbocycles. The molecule has 1 heterocycles. The molecule has 6 nitrogen and oxygen atoms in total. The predicted octanol–water partition coefficient (Wildman–Crippen LogP) is 3.46. The van der Waals surface area contributed by atoms with Crippen molar-refractivity contribution in [2.75, 3.05) is 18.1 Å². The second-order valence-corrected chi connectivity index (χ2v) is 7.89. The van der Waals surface area contributed by atoms with Crippen LogP contribution in [0.5, 0.6) is 0 Å². The minimum Gasteiger partial charge on any atom is -0.360 e. The predicted molar refractivity (Wildman–Crippen MR) is 102 cm³/mol. The number of benzene rings is 1. The molecule has 1 N–H and O–H groups in total. The van der Waals surface area contributed by atoms with Crippen LogP contribution in [-0.4, -0.2) is 39.9 Å². The number of amides is 2. The highest BCUT2D eigenvalue weighted by Gasteiger charge is 2.18. The minimum atomic E-state index is -0.373. The first-order valence-corrected chi connectivity index (χ1v) is 9.53. The van der Waals surface area contributed by atoms with E-state index in [9.17, 15) is 9.59 Å². The normalized spacial score (nSPS) is 11.8. The Morgan fingerprint density at radius 2 is 2.04 bits per heavy atom. The molecule has 0 aliphatic rings. The molecule has 0 radical (unpaired) electrons. The van der Waals surface area contributed by atoms with E-state index in [0.29, 0.717) is 18.1 Å². The fourth-order valence-corrected chi connectivity index (χ4v) is 3.07. The van der Waals surface area contributed by atoms with E-state index in [1.807, 2.05) is 24.3 Å². The molecule has 8 heteroatoms. The van der Waals surface area contributed by atoms with E-state index in [0.717, 1.165) is 10.0 Å². The molecule has 0 aliphatic carbocycles. The molecule has 1 aromatic heterocycles. The van der Waals surface area contributed by atoms with E-state index in [-0.39, 0.29) is 22.8 Å². The second-order valence-electron chi connectivity index (χ2n) is 5.64. The Morgan fingerprint density at radius 1 is 1.36 bits per heavy atom. The summed E-state index contributed by atoms with van der Waals surface area (Å²) in [6, 6.07) is 9.47. The molecule has 2 rings (SSSR count). The topological polar surface area (TPSA) is 75.4 Å². The fourth-order valence-electron chi connectivity index (χ4n) is 1.99. The van der Waals surface area contributed by atoms with Gasteiger partial charge in [0.1, 0.15) is 5.76 Å². The Bertz CT molecular complexity index is 733. The number of thioether (sulfide) groups is 1. The van der Waals surface area contributed by atoms with Gasteiger partial charge in [-0.15, -0.1) is 11.8 Å². The SMILES string of the molecule is Cc1cc(NC(=O)C(C)SCC(=O)N(C)Cc2ccc(Br)cc2)no1. The Kier molecular flexibility index (Phi) is 7.07. The lowest BCUT2D eigenvalue weighted by atomic mass is 10.2. The maximum atomic E-state index is 12.2. The first-order valence-electron chi connectivity index (χ1n) is 7.69. The number of aryl methyl sites for hydroxylation is 1. The van der Waals surface area contributed by atoms with Gasteiger partial charge in [0.05, 0.1) is 11.0 Å². The molecular formula is C17H20BrN3O3S. The summed E-state index contributed by atoms with van der Waals surface area (Å²) in [5.74, 6) is 1.01. The molecule has 0 aliphatic heterocycles. The monoisotopic (exact) mass is 425 g/mol. The van der Waals surface area contributed by atoms with Crippen molar-refractivity contribution in [1.82, 2.24) is 10.1 Å². The maximum Gasteiger partial charge on any atom is 0.238 e. The van der Waals surface area contributed by atoms with Crippen LogP contribution >= 0.6 is 27.7 Å². The van der Waals surface area contributed by atoms with Crippen molar-refractivity contribution in [3.63, 3.8) is 0 Å². The van der Waals surface area contributed by atoms with Crippen molar-refractivity contribution in [3.8, 4) is 0 Å². The molecule has 2 amide bonds. The van der Waals surface area contributed by atoms with E-state index in [1.165, 1.54) is 11.8 Å². The summed E-state index contributed by atoms with van der Waals surface area (Å²) in [4.78, 5) is 26.0. The van der Waals surface area contributed by atoms with Crippen LogP contribution in [0, 0.1) is 6.92 Å². The van der Waals surface area contributed by atoms with Crippen LogP contribution in [0.15, 0.2) is 39.3 Å². The Balaban J connectivity index is 1.77. The lowest BCUT2D eigenvalue weighted by Crippen LogP contribution is -2.30. The van der Waals surface area contributed by atoms with Gasteiger partial charge >= 0.3 is 0 Å². The van der Waals surface area contributed by atoms with Crippen LogP contribution in [-0.2, 0) is 16.1 Å². The van der Waals surface area contributed by atoms with Crippen LogP contribution in [0.2, 0.25) is 0 Å². The third kappa shape index (κ3) is 6.21. The summed E-state index contributed by atoms with van der Waals surface area (Å²) in [6.07, 6.45) is 0. The number of nitrogens with one attached hydrogen (secondary N) is 1. The van der Waals surface area contributed by atoms with Gasteiger partial charge in [-0.3, -0.25) is 9.59 Å². The molecule has 25 heavy (non-hydrogen) atoms. The number of hydrogen-bond donors (Lipinski definition) is 1. The number of rotatable bonds is 7. The van der Waals surface area contributed by atoms with Crippen LogP contribution < -0.4 is 5.32 Å². The smallest absolute Gasteiger partial charge is 0.238 e. The average Bonchev–Trinajstić information content (AvgIpc) is 2.99. The Morgan fingerprint density at radius 3 is 2.64 bits per heavy atom. The van der Waals surface area contributed by atoms with Gasteiger partial charge < -0.3 is 14.7 Å². The highest BCUT2D eigenvalue weighted by molar-refractivity contribution is 9.10. The van der Waals surface area contributed by atoms with Gasteiger partial charge in [0.15, 0.2) is 5.82 Å². The van der Waals surface area contributed by atoms with Crippen molar-refractivity contribution in [2.24, 2.45) is 0 Å². The average molecular weight is 426 g/mol. The number of halogens is 1. The second kappa shape index (κ2) is 9.05. The van der Waals surface area contributed by atoms with Crippen molar-refractivity contribution >= 4 is 45.3 Å². The number of anilines is 1. The highest BCUT2D eigenvalue weighted by atomic mass is 79.9. The van der Waals surface area contributed by atoms with Gasteiger partial charge in [-0.1, -0.05) is 33.2 Å². The molecule has 0 fully saturated rings. The number of hydrogen-bond acceptors (Lipinski definition) is 5. The van der Waals surface area contributed by atoms with E-state index in [4.69, 9.17) is 4.52 Å². The van der Waals surface area contributed by atoms with Gasteiger partial charge in [-0.25, -0.2) is 0 Å². The summed E-state index contributed by atoms with van der Waals surface area (Å²) in [5.41, 5.74) is 1.05.